The van der Waals surface area contributed by atoms with E-state index in [1.54, 1.807) is 48.5 Å². The van der Waals surface area contributed by atoms with Gasteiger partial charge in [-0.1, -0.05) is 44.9 Å². The van der Waals surface area contributed by atoms with Crippen molar-refractivity contribution in [3.63, 3.8) is 0 Å². The van der Waals surface area contributed by atoms with Crippen LogP contribution in [0.2, 0.25) is 0 Å². The first-order valence-electron chi connectivity index (χ1n) is 12.4. The first-order chi connectivity index (χ1) is 21.3. The molecule has 4 aromatic carbocycles. The lowest BCUT2D eigenvalue weighted by molar-refractivity contribution is -0.385. The second kappa shape index (κ2) is 13.7. The van der Waals surface area contributed by atoms with Crippen LogP contribution in [0.1, 0.15) is 11.1 Å². The third-order valence-electron chi connectivity index (χ3n) is 6.18. The highest BCUT2D eigenvalue weighted by atomic mass is 16.6. The maximum atomic E-state index is 10.9. The summed E-state index contributed by atoms with van der Waals surface area (Å²) < 4.78 is 0. The van der Waals surface area contributed by atoms with Crippen LogP contribution in [0.25, 0.3) is 11.1 Å². The Morgan fingerprint density at radius 3 is 1.07 bits per heavy atom. The molecule has 0 aromatic heterocycles. The normalized spacial score (nSPS) is 12.5. The zero-order chi connectivity index (χ0) is 31.6. The lowest BCUT2D eigenvalue weighted by atomic mass is 10.0. The van der Waals surface area contributed by atoms with Crippen molar-refractivity contribution in [3.05, 3.63) is 128 Å². The highest BCUT2D eigenvalue weighted by Gasteiger charge is 2.17. The molecule has 44 heavy (non-hydrogen) atoms. The number of oxime groups is 4. The van der Waals surface area contributed by atoms with Gasteiger partial charge < -0.3 is 31.5 Å². The summed E-state index contributed by atoms with van der Waals surface area (Å²) in [6.45, 7) is 0. The second-order valence-electron chi connectivity index (χ2n) is 8.81. The minimum Gasteiger partial charge on any atom is -0.410 e. The van der Waals surface area contributed by atoms with Crippen LogP contribution in [0.3, 0.4) is 0 Å². The van der Waals surface area contributed by atoms with E-state index in [0.717, 1.165) is 11.1 Å². The lowest BCUT2D eigenvalue weighted by Gasteiger charge is -2.12. The zero-order valence-corrected chi connectivity index (χ0v) is 22.3. The molecule has 0 aliphatic rings. The molecule has 222 valence electrons. The minimum atomic E-state index is -0.572. The molecule has 0 fully saturated rings. The molecule has 0 spiro atoms. The Kier molecular flexibility index (Phi) is 9.37. The van der Waals surface area contributed by atoms with Gasteiger partial charge in [-0.2, -0.15) is 0 Å². The fourth-order valence-corrected chi connectivity index (χ4v) is 3.99. The summed E-state index contributed by atoms with van der Waals surface area (Å²) in [5, 5.41) is 78.2. The quantitative estimate of drug-likeness (QED) is 0.0475. The molecule has 4 aromatic rings. The van der Waals surface area contributed by atoms with Crippen molar-refractivity contribution < 1.29 is 30.7 Å². The van der Waals surface area contributed by atoms with Crippen LogP contribution in [0.4, 0.5) is 22.7 Å². The van der Waals surface area contributed by atoms with Crippen LogP contribution in [0.5, 0.6) is 0 Å². The standard InChI is InChI=1S/C28H22N8O8/c37-31-25(19-5-13-23(14-6-19)35(41)42)27(33-39)29-21-9-1-17(2-10-21)18-3-11-22(12-4-18)30-28(34-40)26(32-38)20-7-15-24(16-8-20)36(43)44/h1-16,37-40H,(H,29,33)(H,30,34)/b31-25+,32-26+. The van der Waals surface area contributed by atoms with E-state index in [2.05, 4.69) is 31.3 Å². The molecule has 0 aliphatic heterocycles. The Morgan fingerprint density at radius 2 is 0.818 bits per heavy atom. The summed E-state index contributed by atoms with van der Waals surface area (Å²) in [6, 6.07) is 24.1. The Morgan fingerprint density at radius 1 is 0.500 bits per heavy atom. The maximum Gasteiger partial charge on any atom is 0.269 e. The number of nitrogens with one attached hydrogen (secondary N) is 2. The second-order valence-corrected chi connectivity index (χ2v) is 8.81. The third-order valence-corrected chi connectivity index (χ3v) is 6.18. The van der Waals surface area contributed by atoms with Gasteiger partial charge in [-0.05, 0) is 59.7 Å². The molecule has 0 saturated carbocycles. The van der Waals surface area contributed by atoms with Crippen molar-refractivity contribution in [1.29, 1.82) is 0 Å². The van der Waals surface area contributed by atoms with Gasteiger partial charge in [0.2, 0.25) is 0 Å². The van der Waals surface area contributed by atoms with Crippen molar-refractivity contribution in [3.8, 4) is 11.1 Å². The van der Waals surface area contributed by atoms with Crippen molar-refractivity contribution in [1.82, 2.24) is 0 Å². The SMILES string of the molecule is O=[N+]([O-])c1ccc(C(=N\O)/C(=N/O)Nc2ccc(-c3ccc(NC(=N/O)/C(=N/O)c4ccc([N+](=O)[O-])cc4)cc3)cc2)cc1. The van der Waals surface area contributed by atoms with Gasteiger partial charge >= 0.3 is 0 Å². The molecule has 4 rings (SSSR count). The van der Waals surface area contributed by atoms with Crippen LogP contribution < -0.4 is 10.6 Å². The fraction of sp³-hybridized carbons (Fsp3) is 0. The van der Waals surface area contributed by atoms with E-state index in [1.807, 2.05) is 0 Å². The Hall–Kier alpha value is -6.84. The monoisotopic (exact) mass is 598 g/mol. The molecule has 6 N–H and O–H groups in total. The minimum absolute atomic E-state index is 0.150. The van der Waals surface area contributed by atoms with Crippen molar-refractivity contribution in [2.24, 2.45) is 20.6 Å². The van der Waals surface area contributed by atoms with Crippen LogP contribution in [0, 0.1) is 20.2 Å². The number of nitrogens with zero attached hydrogens (tertiary/aromatic N) is 6. The van der Waals surface area contributed by atoms with Gasteiger partial charge in [-0.25, -0.2) is 0 Å². The summed E-state index contributed by atoms with van der Waals surface area (Å²) >= 11 is 0. The molecular weight excluding hydrogens is 576 g/mol. The summed E-state index contributed by atoms with van der Waals surface area (Å²) in [4.78, 5) is 20.7. The van der Waals surface area contributed by atoms with Gasteiger partial charge in [0.05, 0.1) is 9.85 Å². The molecule has 0 bridgehead atoms. The maximum absolute atomic E-state index is 10.9. The number of anilines is 2. The largest absolute Gasteiger partial charge is 0.410 e. The molecule has 0 atom stereocenters. The molecule has 0 amide bonds. The highest BCUT2D eigenvalue weighted by molar-refractivity contribution is 6.51. The molecule has 16 nitrogen and oxygen atoms in total. The molecule has 0 saturated heterocycles. The van der Waals surface area contributed by atoms with Crippen LogP contribution in [0.15, 0.2) is 118 Å². The van der Waals surface area contributed by atoms with E-state index in [-0.39, 0.29) is 45.6 Å². The summed E-state index contributed by atoms with van der Waals surface area (Å²) in [6.07, 6.45) is 0. The van der Waals surface area contributed by atoms with E-state index in [4.69, 9.17) is 0 Å². The van der Waals surface area contributed by atoms with Gasteiger partial charge in [0, 0.05) is 46.8 Å². The molecule has 0 unspecified atom stereocenters. The Bertz CT molecular complexity index is 1640. The lowest BCUT2D eigenvalue weighted by Crippen LogP contribution is -2.24. The van der Waals surface area contributed by atoms with E-state index < -0.39 is 9.85 Å². The molecule has 0 heterocycles. The van der Waals surface area contributed by atoms with E-state index in [0.29, 0.717) is 11.4 Å². The van der Waals surface area contributed by atoms with Gasteiger partial charge in [-0.3, -0.25) is 20.2 Å². The average Bonchev–Trinajstić information content (AvgIpc) is 3.05. The highest BCUT2D eigenvalue weighted by Crippen LogP contribution is 2.24. The van der Waals surface area contributed by atoms with E-state index in [1.165, 1.54) is 48.5 Å². The molecular formula is C28H22N8O8. The number of hydrogen-bond donors (Lipinski definition) is 6. The van der Waals surface area contributed by atoms with E-state index in [9.17, 15) is 41.1 Å². The first-order valence-corrected chi connectivity index (χ1v) is 12.4. The van der Waals surface area contributed by atoms with Crippen molar-refractivity contribution in [2.45, 2.75) is 0 Å². The summed E-state index contributed by atoms with van der Waals surface area (Å²) in [5.74, 6) is -0.407. The number of amidine groups is 2. The number of benzene rings is 4. The van der Waals surface area contributed by atoms with Gasteiger partial charge in [0.15, 0.2) is 23.1 Å². The van der Waals surface area contributed by atoms with E-state index >= 15 is 0 Å². The number of non-ortho nitro benzene ring substituents is 2. The number of nitro groups is 2. The predicted molar refractivity (Wildman–Crippen MR) is 160 cm³/mol. The Labute approximate surface area is 247 Å². The number of rotatable bonds is 9. The Balaban J connectivity index is 1.44. The molecule has 0 radical (unpaired) electrons. The average molecular weight is 599 g/mol. The first kappa shape index (κ1) is 30.1. The van der Waals surface area contributed by atoms with Crippen LogP contribution >= 0.6 is 0 Å². The summed E-state index contributed by atoms with van der Waals surface area (Å²) in [7, 11) is 0. The predicted octanol–water partition coefficient (Wildman–Crippen LogP) is 5.33. The van der Waals surface area contributed by atoms with Crippen molar-refractivity contribution >= 4 is 45.8 Å². The zero-order valence-electron chi connectivity index (χ0n) is 22.3. The topological polar surface area (TPSA) is 241 Å². The smallest absolute Gasteiger partial charge is 0.269 e. The van der Waals surface area contributed by atoms with Gasteiger partial charge in [0.1, 0.15) is 0 Å². The molecule has 16 heteroatoms. The van der Waals surface area contributed by atoms with Crippen LogP contribution in [-0.2, 0) is 0 Å². The molecule has 0 aliphatic carbocycles. The number of nitro benzene ring substituents is 2. The van der Waals surface area contributed by atoms with Gasteiger partial charge in [-0.15, -0.1) is 0 Å². The van der Waals surface area contributed by atoms with Gasteiger partial charge in [0.25, 0.3) is 11.4 Å². The third kappa shape index (κ3) is 6.89. The van der Waals surface area contributed by atoms with Crippen LogP contribution in [-0.4, -0.2) is 53.8 Å². The fourth-order valence-electron chi connectivity index (χ4n) is 3.99. The van der Waals surface area contributed by atoms with Crippen molar-refractivity contribution in [2.75, 3.05) is 10.6 Å². The number of hydrogen-bond acceptors (Lipinski definition) is 12. The summed E-state index contributed by atoms with van der Waals surface area (Å²) in [5.41, 5.74) is 2.48.